The van der Waals surface area contributed by atoms with Gasteiger partial charge < -0.3 is 9.84 Å². The zero-order valence-corrected chi connectivity index (χ0v) is 11.5. The molecule has 21 heavy (non-hydrogen) atoms. The number of nitrogens with zero attached hydrogens (tertiary/aromatic N) is 1. The van der Waals surface area contributed by atoms with Crippen LogP contribution in [-0.4, -0.2) is 41.8 Å². The molecule has 0 aromatic heterocycles. The molecule has 0 aliphatic heterocycles. The maximum absolute atomic E-state index is 12.6. The Kier molecular flexibility index (Phi) is 4.41. The van der Waals surface area contributed by atoms with E-state index >= 15 is 0 Å². The molecule has 116 valence electrons. The van der Waals surface area contributed by atoms with Crippen LogP contribution in [0, 0.1) is 0 Å². The molecule has 1 fully saturated rings. The third-order valence-corrected chi connectivity index (χ3v) is 3.35. The maximum atomic E-state index is 12.6. The van der Waals surface area contributed by atoms with Crippen LogP contribution < -0.4 is 4.74 Å². The van der Waals surface area contributed by atoms with Crippen LogP contribution in [0.1, 0.15) is 28.8 Å². The van der Waals surface area contributed by atoms with Crippen molar-refractivity contribution in [3.05, 3.63) is 29.3 Å². The molecule has 0 saturated heterocycles. The molecule has 1 aromatic rings. The summed E-state index contributed by atoms with van der Waals surface area (Å²) in [6.07, 6.45) is -2.81. The van der Waals surface area contributed by atoms with Gasteiger partial charge in [0.25, 0.3) is 0 Å². The van der Waals surface area contributed by atoms with Crippen molar-refractivity contribution in [3.8, 4) is 5.75 Å². The second kappa shape index (κ2) is 5.93. The number of halogens is 3. The number of hydrogen-bond acceptors (Lipinski definition) is 3. The van der Waals surface area contributed by atoms with Gasteiger partial charge >= 0.3 is 12.1 Å². The normalized spacial score (nSPS) is 15.3. The molecule has 1 N–H and O–H groups in total. The molecule has 0 heterocycles. The number of rotatable bonds is 6. The van der Waals surface area contributed by atoms with Crippen LogP contribution >= 0.6 is 0 Å². The zero-order valence-electron chi connectivity index (χ0n) is 11.5. The van der Waals surface area contributed by atoms with Gasteiger partial charge in [-0.3, -0.25) is 4.90 Å². The van der Waals surface area contributed by atoms with E-state index in [2.05, 4.69) is 0 Å². The van der Waals surface area contributed by atoms with Gasteiger partial charge in [0.2, 0.25) is 0 Å². The summed E-state index contributed by atoms with van der Waals surface area (Å²) >= 11 is 0. The number of benzene rings is 1. The third-order valence-electron chi connectivity index (χ3n) is 3.35. The molecule has 1 saturated carbocycles. The number of aromatic carboxylic acids is 1. The predicted molar refractivity (Wildman–Crippen MR) is 69.4 cm³/mol. The summed E-state index contributed by atoms with van der Waals surface area (Å²) in [7, 11) is 1.41. The largest absolute Gasteiger partial charge is 0.496 e. The fraction of sp³-hybridized carbons (Fsp3) is 0.500. The number of carboxylic acid groups (broad SMARTS) is 1. The molecular weight excluding hydrogens is 287 g/mol. The van der Waals surface area contributed by atoms with Crippen molar-refractivity contribution in [2.24, 2.45) is 0 Å². The standard InChI is InChI=1S/C14H16F3NO3/c1-21-12-5-2-9(13(19)20)6-10(12)7-18(11-3-4-11)8-14(15,16)17/h2,5-6,11H,3-4,7-8H2,1H3,(H,19,20). The van der Waals surface area contributed by atoms with E-state index in [1.165, 1.54) is 30.2 Å². The van der Waals surface area contributed by atoms with Gasteiger partial charge in [-0.2, -0.15) is 13.2 Å². The molecule has 0 radical (unpaired) electrons. The van der Waals surface area contributed by atoms with Crippen LogP contribution in [0.2, 0.25) is 0 Å². The smallest absolute Gasteiger partial charge is 0.401 e. The predicted octanol–water partition coefficient (Wildman–Crippen LogP) is 2.92. The van der Waals surface area contributed by atoms with Crippen LogP contribution in [0.4, 0.5) is 13.2 Å². The van der Waals surface area contributed by atoms with Gasteiger partial charge in [0.05, 0.1) is 19.2 Å². The highest BCUT2D eigenvalue weighted by Gasteiger charge is 2.38. The average molecular weight is 303 g/mol. The molecule has 0 unspecified atom stereocenters. The number of methoxy groups -OCH3 is 1. The fourth-order valence-electron chi connectivity index (χ4n) is 2.24. The lowest BCUT2D eigenvalue weighted by Gasteiger charge is -2.24. The molecule has 1 aromatic carbocycles. The van der Waals surface area contributed by atoms with Crippen LogP contribution in [0.3, 0.4) is 0 Å². The summed E-state index contributed by atoms with van der Waals surface area (Å²) in [5, 5.41) is 8.98. The monoisotopic (exact) mass is 303 g/mol. The lowest BCUT2D eigenvalue weighted by Crippen LogP contribution is -2.35. The van der Waals surface area contributed by atoms with Crippen molar-refractivity contribution in [1.29, 1.82) is 0 Å². The SMILES string of the molecule is COc1ccc(C(=O)O)cc1CN(CC(F)(F)F)C1CC1. The maximum Gasteiger partial charge on any atom is 0.401 e. The van der Waals surface area contributed by atoms with E-state index in [0.29, 0.717) is 11.3 Å². The first-order chi connectivity index (χ1) is 9.80. The molecule has 2 rings (SSSR count). The summed E-state index contributed by atoms with van der Waals surface area (Å²) in [6.45, 7) is -0.980. The van der Waals surface area contributed by atoms with Crippen molar-refractivity contribution in [2.45, 2.75) is 31.6 Å². The van der Waals surface area contributed by atoms with Crippen molar-refractivity contribution >= 4 is 5.97 Å². The van der Waals surface area contributed by atoms with Gasteiger partial charge in [0.15, 0.2) is 0 Å². The Morgan fingerprint density at radius 2 is 2.10 bits per heavy atom. The van der Waals surface area contributed by atoms with E-state index in [4.69, 9.17) is 9.84 Å². The Bertz CT molecular complexity index is 527. The lowest BCUT2D eigenvalue weighted by molar-refractivity contribution is -0.148. The second-order valence-electron chi connectivity index (χ2n) is 5.08. The molecular formula is C14H16F3NO3. The molecule has 1 aliphatic carbocycles. The van der Waals surface area contributed by atoms with E-state index in [0.717, 1.165) is 12.8 Å². The summed E-state index contributed by atoms with van der Waals surface area (Å²) in [5.74, 6) is -0.722. The number of carboxylic acids is 1. The van der Waals surface area contributed by atoms with Crippen molar-refractivity contribution < 1.29 is 27.8 Å². The van der Waals surface area contributed by atoms with Gasteiger partial charge in [0, 0.05) is 18.2 Å². The Morgan fingerprint density at radius 3 is 2.57 bits per heavy atom. The minimum absolute atomic E-state index is 0.0223. The first kappa shape index (κ1) is 15.6. The Labute approximate surface area is 120 Å². The fourth-order valence-corrected chi connectivity index (χ4v) is 2.24. The number of hydrogen-bond donors (Lipinski definition) is 1. The minimum atomic E-state index is -4.28. The quantitative estimate of drug-likeness (QED) is 0.878. The summed E-state index contributed by atoms with van der Waals surface area (Å²) < 4.78 is 43.0. The molecule has 0 atom stereocenters. The number of alkyl halides is 3. The van der Waals surface area contributed by atoms with E-state index in [1.807, 2.05) is 0 Å². The van der Waals surface area contributed by atoms with E-state index < -0.39 is 18.7 Å². The molecule has 4 nitrogen and oxygen atoms in total. The van der Waals surface area contributed by atoms with Gasteiger partial charge in [0.1, 0.15) is 5.75 Å². The lowest BCUT2D eigenvalue weighted by atomic mass is 10.1. The van der Waals surface area contributed by atoms with Crippen molar-refractivity contribution in [1.82, 2.24) is 4.90 Å². The summed E-state index contributed by atoms with van der Waals surface area (Å²) in [6, 6.07) is 4.12. The number of carbonyl (C=O) groups is 1. The molecule has 1 aliphatic rings. The van der Waals surface area contributed by atoms with Crippen molar-refractivity contribution in [2.75, 3.05) is 13.7 Å². The van der Waals surface area contributed by atoms with Gasteiger partial charge in [-0.15, -0.1) is 0 Å². The molecule has 0 spiro atoms. The zero-order chi connectivity index (χ0) is 15.6. The highest BCUT2D eigenvalue weighted by Crippen LogP contribution is 2.33. The second-order valence-corrected chi connectivity index (χ2v) is 5.08. The summed E-state index contributed by atoms with van der Waals surface area (Å²) in [4.78, 5) is 12.3. The van der Waals surface area contributed by atoms with Crippen LogP contribution in [0.5, 0.6) is 5.75 Å². The first-order valence-corrected chi connectivity index (χ1v) is 6.51. The number of ether oxygens (including phenoxy) is 1. The van der Waals surface area contributed by atoms with Gasteiger partial charge in [-0.05, 0) is 31.0 Å². The summed E-state index contributed by atoms with van der Waals surface area (Å²) in [5.41, 5.74) is 0.488. The first-order valence-electron chi connectivity index (χ1n) is 6.51. The van der Waals surface area contributed by atoms with Crippen LogP contribution in [0.25, 0.3) is 0 Å². The Morgan fingerprint density at radius 1 is 1.43 bits per heavy atom. The molecule has 0 amide bonds. The van der Waals surface area contributed by atoms with E-state index in [9.17, 15) is 18.0 Å². The molecule has 0 bridgehead atoms. The van der Waals surface area contributed by atoms with E-state index in [-0.39, 0.29) is 18.2 Å². The third kappa shape index (κ3) is 4.35. The van der Waals surface area contributed by atoms with Gasteiger partial charge in [-0.25, -0.2) is 4.79 Å². The van der Waals surface area contributed by atoms with Crippen LogP contribution in [0.15, 0.2) is 18.2 Å². The van der Waals surface area contributed by atoms with Crippen molar-refractivity contribution in [3.63, 3.8) is 0 Å². The Balaban J connectivity index is 2.22. The Hall–Kier alpha value is -1.76. The topological polar surface area (TPSA) is 49.8 Å². The minimum Gasteiger partial charge on any atom is -0.496 e. The van der Waals surface area contributed by atoms with Gasteiger partial charge in [-0.1, -0.05) is 0 Å². The van der Waals surface area contributed by atoms with E-state index in [1.54, 1.807) is 0 Å². The molecule has 7 heteroatoms. The highest BCUT2D eigenvalue weighted by atomic mass is 19.4. The van der Waals surface area contributed by atoms with Crippen LogP contribution in [-0.2, 0) is 6.54 Å². The highest BCUT2D eigenvalue weighted by molar-refractivity contribution is 5.88. The average Bonchev–Trinajstić information content (AvgIpc) is 3.20.